The van der Waals surface area contributed by atoms with Crippen LogP contribution < -0.4 is 5.32 Å². The molecule has 0 radical (unpaired) electrons. The first-order valence-corrected chi connectivity index (χ1v) is 8.78. The van der Waals surface area contributed by atoms with Gasteiger partial charge in [0.1, 0.15) is 11.6 Å². The van der Waals surface area contributed by atoms with Crippen molar-refractivity contribution in [3.8, 4) is 11.3 Å². The number of benzene rings is 2. The van der Waals surface area contributed by atoms with Gasteiger partial charge in [0.15, 0.2) is 0 Å². The van der Waals surface area contributed by atoms with Crippen LogP contribution in [0.5, 0.6) is 0 Å². The average Bonchev–Trinajstić information content (AvgIpc) is 3.19. The second-order valence-corrected chi connectivity index (χ2v) is 6.41. The van der Waals surface area contributed by atoms with Gasteiger partial charge < -0.3 is 10.2 Å². The van der Waals surface area contributed by atoms with E-state index < -0.39 is 6.10 Å². The Labute approximate surface area is 161 Å². The average molecular weight is 376 g/mol. The van der Waals surface area contributed by atoms with Crippen molar-refractivity contribution in [2.75, 3.05) is 5.32 Å². The van der Waals surface area contributed by atoms with Crippen LogP contribution in [0.15, 0.2) is 65.9 Å². The van der Waals surface area contributed by atoms with Gasteiger partial charge in [-0.3, -0.25) is 4.79 Å². The van der Waals surface area contributed by atoms with Crippen molar-refractivity contribution in [2.45, 2.75) is 19.4 Å². The highest BCUT2D eigenvalue weighted by Gasteiger charge is 2.29. The third kappa shape index (κ3) is 3.88. The molecule has 4 rings (SSSR count). The topological polar surface area (TPSA) is 76.5 Å². The number of hydrogen-bond acceptors (Lipinski definition) is 5. The van der Waals surface area contributed by atoms with Crippen LogP contribution in [0.4, 0.5) is 10.1 Å². The molecule has 1 aliphatic rings. The summed E-state index contributed by atoms with van der Waals surface area (Å²) in [4.78, 5) is 26.3. The molecule has 28 heavy (non-hydrogen) atoms. The third-order valence-corrected chi connectivity index (χ3v) is 4.32. The summed E-state index contributed by atoms with van der Waals surface area (Å²) in [5.41, 5.74) is 3.42. The molecular weight excluding hydrogens is 359 g/mol. The Kier molecular flexibility index (Phi) is 4.80. The summed E-state index contributed by atoms with van der Waals surface area (Å²) in [6.07, 6.45) is 1.21. The van der Waals surface area contributed by atoms with Crippen LogP contribution in [-0.2, 0) is 9.63 Å². The molecule has 2 heterocycles. The first-order chi connectivity index (χ1) is 13.6. The number of carbonyl (C=O) groups is 1. The lowest BCUT2D eigenvalue weighted by molar-refractivity contribution is -0.125. The van der Waals surface area contributed by atoms with E-state index in [1.165, 1.54) is 12.1 Å². The third-order valence-electron chi connectivity index (χ3n) is 4.32. The predicted octanol–water partition coefficient (Wildman–Crippen LogP) is 3.72. The van der Waals surface area contributed by atoms with Crippen molar-refractivity contribution in [3.05, 3.63) is 78.0 Å². The summed E-state index contributed by atoms with van der Waals surface area (Å²) < 4.78 is 13.4. The number of aryl methyl sites for hydroxylation is 1. The molecule has 6 nitrogen and oxygen atoms in total. The molecule has 0 saturated heterocycles. The predicted molar refractivity (Wildman–Crippen MR) is 103 cm³/mol. The van der Waals surface area contributed by atoms with Gasteiger partial charge in [0.25, 0.3) is 5.91 Å². The lowest BCUT2D eigenvalue weighted by Crippen LogP contribution is -2.28. The van der Waals surface area contributed by atoms with E-state index in [0.717, 1.165) is 11.3 Å². The first kappa shape index (κ1) is 17.8. The van der Waals surface area contributed by atoms with Crippen LogP contribution in [0.2, 0.25) is 0 Å². The molecule has 1 atom stereocenters. The smallest absolute Gasteiger partial charge is 0.268 e. The molecule has 0 unspecified atom stereocenters. The standard InChI is InChI=1S/C21H17FN4O2/c1-13-23-9-8-18(24-13)15-5-3-7-17(11-15)25-21(27)20-12-19(26-28-20)14-4-2-6-16(22)10-14/h2-11,20H,12H2,1H3,(H,25,27)/t20-/m1/s1. The minimum Gasteiger partial charge on any atom is -0.382 e. The van der Waals surface area contributed by atoms with Gasteiger partial charge in [-0.2, -0.15) is 0 Å². The van der Waals surface area contributed by atoms with Crippen LogP contribution in [0.25, 0.3) is 11.3 Å². The van der Waals surface area contributed by atoms with Crippen LogP contribution in [-0.4, -0.2) is 27.7 Å². The maximum absolute atomic E-state index is 13.4. The Morgan fingerprint density at radius 1 is 1.14 bits per heavy atom. The molecule has 7 heteroatoms. The highest BCUT2D eigenvalue weighted by atomic mass is 19.1. The highest BCUT2D eigenvalue weighted by molar-refractivity contribution is 6.06. The number of nitrogens with zero attached hydrogens (tertiary/aromatic N) is 3. The molecule has 140 valence electrons. The van der Waals surface area contributed by atoms with Gasteiger partial charge in [0.05, 0.1) is 11.4 Å². The van der Waals surface area contributed by atoms with Gasteiger partial charge in [-0.1, -0.05) is 29.4 Å². The molecule has 3 aromatic rings. The maximum atomic E-state index is 13.4. The number of oxime groups is 1. The van der Waals surface area contributed by atoms with Crippen LogP contribution in [0, 0.1) is 12.7 Å². The Morgan fingerprint density at radius 3 is 2.79 bits per heavy atom. The van der Waals surface area contributed by atoms with Crippen molar-refractivity contribution < 1.29 is 14.0 Å². The summed E-state index contributed by atoms with van der Waals surface area (Å²) in [6.45, 7) is 1.82. The molecule has 1 aromatic heterocycles. The minimum absolute atomic E-state index is 0.278. The van der Waals surface area contributed by atoms with Gasteiger partial charge in [-0.15, -0.1) is 0 Å². The van der Waals surface area contributed by atoms with E-state index in [0.29, 0.717) is 22.8 Å². The Balaban J connectivity index is 1.44. The number of aromatic nitrogens is 2. The first-order valence-electron chi connectivity index (χ1n) is 8.78. The summed E-state index contributed by atoms with van der Waals surface area (Å²) in [5.74, 6) is 0.00404. The van der Waals surface area contributed by atoms with E-state index in [1.807, 2.05) is 31.2 Å². The fraction of sp³-hybridized carbons (Fsp3) is 0.143. The normalized spacial score (nSPS) is 15.6. The van der Waals surface area contributed by atoms with Crippen LogP contribution >= 0.6 is 0 Å². The quantitative estimate of drug-likeness (QED) is 0.753. The number of hydrogen-bond donors (Lipinski definition) is 1. The van der Waals surface area contributed by atoms with E-state index in [-0.39, 0.29) is 18.1 Å². The summed E-state index contributed by atoms with van der Waals surface area (Å²) >= 11 is 0. The van der Waals surface area contributed by atoms with Gasteiger partial charge in [0.2, 0.25) is 6.10 Å². The highest BCUT2D eigenvalue weighted by Crippen LogP contribution is 2.23. The van der Waals surface area contributed by atoms with Crippen LogP contribution in [0.1, 0.15) is 17.8 Å². The summed E-state index contributed by atoms with van der Waals surface area (Å²) in [5, 5.41) is 6.78. The molecule has 0 spiro atoms. The zero-order chi connectivity index (χ0) is 19.5. The molecule has 1 aliphatic heterocycles. The lowest BCUT2D eigenvalue weighted by Gasteiger charge is -2.11. The summed E-state index contributed by atoms with van der Waals surface area (Å²) in [7, 11) is 0. The molecular formula is C21H17FN4O2. The number of halogens is 1. The second kappa shape index (κ2) is 7.56. The molecule has 1 amide bonds. The van der Waals surface area contributed by atoms with Crippen molar-refractivity contribution in [3.63, 3.8) is 0 Å². The van der Waals surface area contributed by atoms with Gasteiger partial charge in [-0.25, -0.2) is 14.4 Å². The molecule has 2 aromatic carbocycles. The molecule has 0 bridgehead atoms. The maximum Gasteiger partial charge on any atom is 0.268 e. The van der Waals surface area contributed by atoms with E-state index in [4.69, 9.17) is 4.84 Å². The SMILES string of the molecule is Cc1nccc(-c2cccc(NC(=O)[C@H]3CC(c4cccc(F)c4)=NO3)c2)n1. The zero-order valence-electron chi connectivity index (χ0n) is 15.1. The number of nitrogens with one attached hydrogen (secondary N) is 1. The van der Waals surface area contributed by atoms with Gasteiger partial charge in [0, 0.05) is 29.4 Å². The number of anilines is 1. The van der Waals surface area contributed by atoms with Crippen molar-refractivity contribution in [1.82, 2.24) is 9.97 Å². The van der Waals surface area contributed by atoms with E-state index in [9.17, 15) is 9.18 Å². The Morgan fingerprint density at radius 2 is 1.96 bits per heavy atom. The largest absolute Gasteiger partial charge is 0.382 e. The monoisotopic (exact) mass is 376 g/mol. The molecule has 0 aliphatic carbocycles. The molecule has 1 N–H and O–H groups in total. The Bertz CT molecular complexity index is 1070. The minimum atomic E-state index is -0.761. The Hall–Kier alpha value is -3.61. The fourth-order valence-corrected chi connectivity index (χ4v) is 2.95. The number of amides is 1. The second-order valence-electron chi connectivity index (χ2n) is 6.41. The number of rotatable bonds is 4. The van der Waals surface area contributed by atoms with Crippen molar-refractivity contribution >= 4 is 17.3 Å². The van der Waals surface area contributed by atoms with Crippen molar-refractivity contribution in [2.24, 2.45) is 5.16 Å². The van der Waals surface area contributed by atoms with E-state index >= 15 is 0 Å². The molecule has 0 fully saturated rings. The van der Waals surface area contributed by atoms with Gasteiger partial charge >= 0.3 is 0 Å². The lowest BCUT2D eigenvalue weighted by atomic mass is 10.0. The number of carbonyl (C=O) groups excluding carboxylic acids is 1. The zero-order valence-corrected chi connectivity index (χ0v) is 15.1. The fourth-order valence-electron chi connectivity index (χ4n) is 2.95. The summed E-state index contributed by atoms with van der Waals surface area (Å²) in [6, 6.07) is 15.3. The molecule has 0 saturated carbocycles. The van der Waals surface area contributed by atoms with Gasteiger partial charge in [-0.05, 0) is 37.3 Å². The van der Waals surface area contributed by atoms with Crippen LogP contribution in [0.3, 0.4) is 0 Å². The van der Waals surface area contributed by atoms with E-state index in [2.05, 4.69) is 20.4 Å². The van der Waals surface area contributed by atoms with Crippen molar-refractivity contribution in [1.29, 1.82) is 0 Å². The van der Waals surface area contributed by atoms with E-state index in [1.54, 1.807) is 24.4 Å².